The third-order valence-electron chi connectivity index (χ3n) is 2.01. The highest BCUT2D eigenvalue weighted by Crippen LogP contribution is 2.07. The van der Waals surface area contributed by atoms with Crippen LogP contribution >= 0.6 is 0 Å². The summed E-state index contributed by atoms with van der Waals surface area (Å²) in [4.78, 5) is 34.4. The topological polar surface area (TPSA) is 95.9 Å². The van der Waals surface area contributed by atoms with Gasteiger partial charge in [-0.05, 0) is 0 Å². The molecule has 0 aromatic heterocycles. The molecule has 1 unspecified atom stereocenters. The lowest BCUT2D eigenvalue weighted by Crippen LogP contribution is -2.60. The van der Waals surface area contributed by atoms with E-state index in [1.165, 1.54) is 6.08 Å². The Kier molecular flexibility index (Phi) is 3.87. The average molecular weight is 228 g/mol. The van der Waals surface area contributed by atoms with Crippen molar-refractivity contribution in [3.63, 3.8) is 0 Å². The number of nitrogens with zero attached hydrogens (tertiary/aromatic N) is 1. The van der Waals surface area contributed by atoms with Gasteiger partial charge in [-0.2, -0.15) is 0 Å². The van der Waals surface area contributed by atoms with Crippen LogP contribution < -0.4 is 5.32 Å². The van der Waals surface area contributed by atoms with Gasteiger partial charge >= 0.3 is 12.1 Å². The van der Waals surface area contributed by atoms with Crippen LogP contribution in [0, 0.1) is 0 Å². The van der Waals surface area contributed by atoms with Crippen LogP contribution in [0.2, 0.25) is 0 Å². The predicted molar refractivity (Wildman–Crippen MR) is 52.7 cm³/mol. The number of rotatable bonds is 3. The predicted octanol–water partition coefficient (Wildman–Crippen LogP) is -0.806. The molecule has 2 N–H and O–H groups in total. The summed E-state index contributed by atoms with van der Waals surface area (Å²) in [6.07, 6.45) is 0.527. The van der Waals surface area contributed by atoms with Gasteiger partial charge < -0.3 is 15.2 Å². The molecule has 2 amide bonds. The minimum absolute atomic E-state index is 0.0245. The molecule has 0 radical (unpaired) electrons. The smallest absolute Gasteiger partial charge is 0.411 e. The van der Waals surface area contributed by atoms with E-state index in [0.717, 1.165) is 4.90 Å². The van der Waals surface area contributed by atoms with Crippen molar-refractivity contribution in [2.24, 2.45) is 0 Å². The van der Waals surface area contributed by atoms with Crippen LogP contribution in [0.15, 0.2) is 12.7 Å². The summed E-state index contributed by atoms with van der Waals surface area (Å²) in [7, 11) is 0. The fourth-order valence-corrected chi connectivity index (χ4v) is 1.32. The Bertz CT molecular complexity index is 328. The van der Waals surface area contributed by atoms with E-state index in [0.29, 0.717) is 0 Å². The molecule has 1 saturated heterocycles. The van der Waals surface area contributed by atoms with E-state index in [4.69, 9.17) is 5.11 Å². The highest BCUT2D eigenvalue weighted by molar-refractivity contribution is 6.04. The van der Waals surface area contributed by atoms with Gasteiger partial charge in [0, 0.05) is 13.1 Å². The minimum Gasteiger partial charge on any atom is -0.479 e. The number of amides is 2. The van der Waals surface area contributed by atoms with E-state index >= 15 is 0 Å². The van der Waals surface area contributed by atoms with Gasteiger partial charge in [-0.1, -0.05) is 12.7 Å². The van der Waals surface area contributed by atoms with E-state index < -0.39 is 24.0 Å². The Morgan fingerprint density at radius 1 is 1.69 bits per heavy atom. The van der Waals surface area contributed by atoms with Gasteiger partial charge in [0.25, 0.3) is 5.91 Å². The van der Waals surface area contributed by atoms with Crippen molar-refractivity contribution in [2.45, 2.75) is 6.04 Å². The Balaban J connectivity index is 2.74. The Hall–Kier alpha value is -2.05. The molecule has 7 heteroatoms. The molecule has 0 aliphatic carbocycles. The molecule has 1 aliphatic rings. The van der Waals surface area contributed by atoms with Gasteiger partial charge in [0.05, 0.1) is 0 Å². The van der Waals surface area contributed by atoms with Crippen molar-refractivity contribution in [2.75, 3.05) is 19.7 Å². The number of piperazine rings is 1. The van der Waals surface area contributed by atoms with Crippen LogP contribution in [0.1, 0.15) is 0 Å². The number of aliphatic carboxylic acids is 1. The first-order chi connectivity index (χ1) is 7.57. The molecule has 0 aromatic carbocycles. The molecule has 7 nitrogen and oxygen atoms in total. The summed E-state index contributed by atoms with van der Waals surface area (Å²) in [5, 5.41) is 11.2. The van der Waals surface area contributed by atoms with E-state index in [1.54, 1.807) is 0 Å². The summed E-state index contributed by atoms with van der Waals surface area (Å²) >= 11 is 0. The minimum atomic E-state index is -1.52. The second-order valence-electron chi connectivity index (χ2n) is 3.09. The normalized spacial score (nSPS) is 19.9. The SMILES string of the molecule is C=CCOC(=O)N1CCNC(=O)C1C(=O)O. The van der Waals surface area contributed by atoms with Gasteiger partial charge in [0.15, 0.2) is 0 Å². The van der Waals surface area contributed by atoms with Crippen LogP contribution in [0.4, 0.5) is 4.79 Å². The van der Waals surface area contributed by atoms with Crippen LogP contribution in [-0.2, 0) is 14.3 Å². The lowest BCUT2D eigenvalue weighted by Gasteiger charge is -2.31. The monoisotopic (exact) mass is 228 g/mol. The molecular weight excluding hydrogens is 216 g/mol. The molecule has 0 aromatic rings. The van der Waals surface area contributed by atoms with Crippen molar-refractivity contribution in [1.82, 2.24) is 10.2 Å². The van der Waals surface area contributed by atoms with Gasteiger partial charge in [-0.15, -0.1) is 0 Å². The summed E-state index contributed by atoms with van der Waals surface area (Å²) in [5.74, 6) is -2.10. The lowest BCUT2D eigenvalue weighted by molar-refractivity contribution is -0.149. The van der Waals surface area contributed by atoms with Crippen LogP contribution in [0.5, 0.6) is 0 Å². The maximum atomic E-state index is 11.4. The summed E-state index contributed by atoms with van der Waals surface area (Å²) in [5.41, 5.74) is 0. The Morgan fingerprint density at radius 2 is 2.38 bits per heavy atom. The summed E-state index contributed by atoms with van der Waals surface area (Å²) in [6, 6.07) is -1.52. The fourth-order valence-electron chi connectivity index (χ4n) is 1.32. The molecule has 0 spiro atoms. The number of hydrogen-bond acceptors (Lipinski definition) is 4. The number of hydrogen-bond donors (Lipinski definition) is 2. The first-order valence-corrected chi connectivity index (χ1v) is 4.62. The van der Waals surface area contributed by atoms with E-state index in [2.05, 4.69) is 16.6 Å². The molecule has 1 fully saturated rings. The Labute approximate surface area is 91.7 Å². The van der Waals surface area contributed by atoms with Crippen molar-refractivity contribution >= 4 is 18.0 Å². The molecule has 0 saturated carbocycles. The summed E-state index contributed by atoms with van der Waals surface area (Å²) < 4.78 is 4.68. The lowest BCUT2D eigenvalue weighted by atomic mass is 10.2. The average Bonchev–Trinajstić information content (AvgIpc) is 2.24. The standard InChI is InChI=1S/C9H12N2O5/c1-2-5-16-9(15)11-4-3-10-7(12)6(11)8(13)14/h2,6H,1,3-5H2,(H,10,12)(H,13,14). The molecule has 1 atom stereocenters. The van der Waals surface area contributed by atoms with Crippen molar-refractivity contribution < 1.29 is 24.2 Å². The maximum absolute atomic E-state index is 11.4. The molecular formula is C9H12N2O5. The summed E-state index contributed by atoms with van der Waals surface area (Å²) in [6.45, 7) is 3.65. The fraction of sp³-hybridized carbons (Fsp3) is 0.444. The van der Waals surface area contributed by atoms with Crippen LogP contribution in [0.25, 0.3) is 0 Å². The number of ether oxygens (including phenoxy) is 1. The first kappa shape index (κ1) is 12.0. The molecule has 0 bridgehead atoms. The molecule has 1 rings (SSSR count). The van der Waals surface area contributed by atoms with E-state index in [9.17, 15) is 14.4 Å². The quantitative estimate of drug-likeness (QED) is 0.486. The van der Waals surface area contributed by atoms with Gasteiger partial charge in [0.1, 0.15) is 6.61 Å². The second kappa shape index (κ2) is 5.15. The third kappa shape index (κ3) is 2.50. The number of carboxylic acid groups (broad SMARTS) is 1. The largest absolute Gasteiger partial charge is 0.479 e. The van der Waals surface area contributed by atoms with E-state index in [1.807, 2.05) is 0 Å². The van der Waals surface area contributed by atoms with Crippen molar-refractivity contribution in [1.29, 1.82) is 0 Å². The van der Waals surface area contributed by atoms with Crippen molar-refractivity contribution in [3.05, 3.63) is 12.7 Å². The number of carbonyl (C=O) groups excluding carboxylic acids is 2. The van der Waals surface area contributed by atoms with Crippen LogP contribution in [-0.4, -0.2) is 53.7 Å². The molecule has 88 valence electrons. The number of carbonyl (C=O) groups is 3. The molecule has 1 aliphatic heterocycles. The van der Waals surface area contributed by atoms with Gasteiger partial charge in [-0.3, -0.25) is 9.69 Å². The molecule has 16 heavy (non-hydrogen) atoms. The highest BCUT2D eigenvalue weighted by Gasteiger charge is 2.39. The second-order valence-corrected chi connectivity index (χ2v) is 3.09. The van der Waals surface area contributed by atoms with Crippen molar-refractivity contribution in [3.8, 4) is 0 Å². The van der Waals surface area contributed by atoms with Gasteiger partial charge in [-0.25, -0.2) is 9.59 Å². The highest BCUT2D eigenvalue weighted by atomic mass is 16.6. The zero-order chi connectivity index (χ0) is 12.1. The van der Waals surface area contributed by atoms with Gasteiger partial charge in [0.2, 0.25) is 6.04 Å². The molecule has 1 heterocycles. The Morgan fingerprint density at radius 3 is 2.94 bits per heavy atom. The third-order valence-corrected chi connectivity index (χ3v) is 2.01. The number of nitrogens with one attached hydrogen (secondary N) is 1. The van der Waals surface area contributed by atoms with E-state index in [-0.39, 0.29) is 19.7 Å². The van der Waals surface area contributed by atoms with Crippen LogP contribution in [0.3, 0.4) is 0 Å². The number of carboxylic acids is 1. The zero-order valence-corrected chi connectivity index (χ0v) is 8.51. The zero-order valence-electron chi connectivity index (χ0n) is 8.51. The first-order valence-electron chi connectivity index (χ1n) is 4.62. The maximum Gasteiger partial charge on any atom is 0.411 e.